The summed E-state index contributed by atoms with van der Waals surface area (Å²) in [6.45, 7) is 3.77. The Morgan fingerprint density at radius 1 is 1.78 bits per heavy atom. The van der Waals surface area contributed by atoms with Crippen molar-refractivity contribution in [1.29, 1.82) is 5.26 Å². The van der Waals surface area contributed by atoms with E-state index in [9.17, 15) is 4.79 Å². The molecule has 3 nitrogen and oxygen atoms in total. The number of rotatable bonds is 3. The number of nitriles is 1. The summed E-state index contributed by atoms with van der Waals surface area (Å²) in [5, 5.41) is 10.3. The van der Waals surface area contributed by atoms with Crippen LogP contribution in [-0.4, -0.2) is 12.3 Å². The van der Waals surface area contributed by atoms with Crippen LogP contribution in [-0.2, 0) is 4.79 Å². The van der Waals surface area contributed by atoms with E-state index in [1.165, 1.54) is 0 Å². The van der Waals surface area contributed by atoms with E-state index in [4.69, 9.17) is 5.26 Å². The minimum atomic E-state index is 0.0193. The normalized spacial score (nSPS) is 8.67. The fraction of sp³-hybridized carbons (Fsp3) is 0.667. The number of nitrogens with zero attached hydrogens (tertiary/aromatic N) is 1. The van der Waals surface area contributed by atoms with Crippen LogP contribution in [0.1, 0.15) is 13.8 Å². The lowest BCUT2D eigenvalue weighted by Gasteiger charge is -1.99. The SMILES string of the molecule is CC(C)C(=O)CNC#N. The van der Waals surface area contributed by atoms with Crippen molar-refractivity contribution in [3.63, 3.8) is 0 Å². The first-order chi connectivity index (χ1) is 4.18. The van der Waals surface area contributed by atoms with Crippen molar-refractivity contribution in [3.8, 4) is 6.19 Å². The van der Waals surface area contributed by atoms with Gasteiger partial charge in [0.25, 0.3) is 0 Å². The van der Waals surface area contributed by atoms with Gasteiger partial charge in [0.2, 0.25) is 0 Å². The Kier molecular flexibility index (Phi) is 3.45. The van der Waals surface area contributed by atoms with E-state index in [2.05, 4.69) is 5.32 Å². The zero-order chi connectivity index (χ0) is 7.28. The fourth-order valence-electron chi connectivity index (χ4n) is 0.331. The summed E-state index contributed by atoms with van der Waals surface area (Å²) in [4.78, 5) is 10.7. The molecule has 9 heavy (non-hydrogen) atoms. The van der Waals surface area contributed by atoms with E-state index in [1.54, 1.807) is 20.0 Å². The number of carbonyl (C=O) groups is 1. The second kappa shape index (κ2) is 3.90. The van der Waals surface area contributed by atoms with Gasteiger partial charge in [-0.2, -0.15) is 5.26 Å². The Hall–Kier alpha value is -1.04. The maximum Gasteiger partial charge on any atom is 0.176 e. The quantitative estimate of drug-likeness (QED) is 0.436. The molecule has 0 aromatic rings. The highest BCUT2D eigenvalue weighted by Crippen LogP contribution is 1.90. The Bertz CT molecular complexity index is 134. The summed E-state index contributed by atoms with van der Waals surface area (Å²) < 4.78 is 0. The average molecular weight is 126 g/mol. The Labute approximate surface area is 54.7 Å². The number of hydrogen-bond acceptors (Lipinski definition) is 3. The summed E-state index contributed by atoms with van der Waals surface area (Å²) in [7, 11) is 0. The predicted molar refractivity (Wildman–Crippen MR) is 33.5 cm³/mol. The van der Waals surface area contributed by atoms with Gasteiger partial charge >= 0.3 is 0 Å². The molecule has 0 aliphatic rings. The molecule has 1 N–H and O–H groups in total. The summed E-state index contributed by atoms with van der Waals surface area (Å²) in [6.07, 6.45) is 1.68. The van der Waals surface area contributed by atoms with Crippen LogP contribution in [0.2, 0.25) is 0 Å². The smallest absolute Gasteiger partial charge is 0.176 e. The van der Waals surface area contributed by atoms with Crippen molar-refractivity contribution in [2.45, 2.75) is 13.8 Å². The second-order valence-corrected chi connectivity index (χ2v) is 2.09. The lowest BCUT2D eigenvalue weighted by Crippen LogP contribution is -2.22. The lowest BCUT2D eigenvalue weighted by atomic mass is 10.1. The van der Waals surface area contributed by atoms with Crippen LogP contribution in [0.4, 0.5) is 0 Å². The van der Waals surface area contributed by atoms with Gasteiger partial charge in [0, 0.05) is 5.92 Å². The Morgan fingerprint density at radius 3 is 2.67 bits per heavy atom. The van der Waals surface area contributed by atoms with Gasteiger partial charge < -0.3 is 5.32 Å². The largest absolute Gasteiger partial charge is 0.316 e. The third-order valence-electron chi connectivity index (χ3n) is 0.986. The van der Waals surface area contributed by atoms with Gasteiger partial charge in [-0.05, 0) is 0 Å². The summed E-state index contributed by atoms with van der Waals surface area (Å²) in [6, 6.07) is 0. The van der Waals surface area contributed by atoms with E-state index < -0.39 is 0 Å². The number of hydrogen-bond donors (Lipinski definition) is 1. The zero-order valence-corrected chi connectivity index (χ0v) is 5.64. The van der Waals surface area contributed by atoms with Crippen molar-refractivity contribution in [2.75, 3.05) is 6.54 Å². The van der Waals surface area contributed by atoms with Crippen LogP contribution in [0, 0.1) is 17.4 Å². The van der Waals surface area contributed by atoms with Crippen LogP contribution in [0.25, 0.3) is 0 Å². The number of Topliss-reactive ketones (excluding diaryl/α,β-unsaturated/α-hetero) is 1. The average Bonchev–Trinajstić information content (AvgIpc) is 1.82. The van der Waals surface area contributed by atoms with Crippen molar-refractivity contribution < 1.29 is 4.79 Å². The van der Waals surface area contributed by atoms with Crippen molar-refractivity contribution in [3.05, 3.63) is 0 Å². The molecule has 0 rings (SSSR count). The molecule has 0 saturated carbocycles. The highest BCUT2D eigenvalue weighted by Gasteiger charge is 2.04. The molecule has 0 aliphatic heterocycles. The van der Waals surface area contributed by atoms with Crippen molar-refractivity contribution in [2.24, 2.45) is 5.92 Å². The third-order valence-corrected chi connectivity index (χ3v) is 0.986. The summed E-state index contributed by atoms with van der Waals surface area (Å²) >= 11 is 0. The molecule has 0 aromatic carbocycles. The Balaban J connectivity index is 3.42. The standard InChI is InChI=1S/C6H10N2O/c1-5(2)6(9)3-8-4-7/h5,8H,3H2,1-2H3. The van der Waals surface area contributed by atoms with Gasteiger partial charge in [-0.25, -0.2) is 0 Å². The van der Waals surface area contributed by atoms with Gasteiger partial charge in [-0.3, -0.25) is 4.79 Å². The summed E-state index contributed by atoms with van der Waals surface area (Å²) in [5.41, 5.74) is 0. The maximum absolute atomic E-state index is 10.7. The van der Waals surface area contributed by atoms with Crippen LogP contribution in [0.5, 0.6) is 0 Å². The second-order valence-electron chi connectivity index (χ2n) is 2.09. The van der Waals surface area contributed by atoms with Gasteiger partial charge in [0.15, 0.2) is 12.0 Å². The molecular formula is C6H10N2O. The number of carbonyl (C=O) groups excluding carboxylic acids is 1. The first-order valence-electron chi connectivity index (χ1n) is 2.83. The minimum absolute atomic E-state index is 0.0193. The van der Waals surface area contributed by atoms with Crippen LogP contribution >= 0.6 is 0 Å². The van der Waals surface area contributed by atoms with Gasteiger partial charge in [-0.15, -0.1) is 0 Å². The van der Waals surface area contributed by atoms with Crippen LogP contribution in [0.15, 0.2) is 0 Å². The molecule has 0 saturated heterocycles. The van der Waals surface area contributed by atoms with E-state index in [0.717, 1.165) is 0 Å². The molecular weight excluding hydrogens is 116 g/mol. The third kappa shape index (κ3) is 3.53. The van der Waals surface area contributed by atoms with Gasteiger partial charge in [0.1, 0.15) is 0 Å². The van der Waals surface area contributed by atoms with E-state index in [1.807, 2.05) is 0 Å². The van der Waals surface area contributed by atoms with Crippen LogP contribution in [0.3, 0.4) is 0 Å². The molecule has 0 fully saturated rings. The molecule has 3 heteroatoms. The molecule has 50 valence electrons. The molecule has 0 unspecified atom stereocenters. The van der Waals surface area contributed by atoms with Gasteiger partial charge in [-0.1, -0.05) is 13.8 Å². The van der Waals surface area contributed by atoms with E-state index in [0.29, 0.717) is 0 Å². The molecule has 0 aliphatic carbocycles. The molecule has 0 amide bonds. The Morgan fingerprint density at radius 2 is 2.33 bits per heavy atom. The van der Waals surface area contributed by atoms with E-state index >= 15 is 0 Å². The molecule has 0 radical (unpaired) electrons. The molecule has 0 atom stereocenters. The molecule has 0 aromatic heterocycles. The highest BCUT2D eigenvalue weighted by atomic mass is 16.1. The fourth-order valence-corrected chi connectivity index (χ4v) is 0.331. The first kappa shape index (κ1) is 7.96. The zero-order valence-electron chi connectivity index (χ0n) is 5.64. The maximum atomic E-state index is 10.7. The van der Waals surface area contributed by atoms with E-state index in [-0.39, 0.29) is 18.2 Å². The molecule has 0 bridgehead atoms. The monoisotopic (exact) mass is 126 g/mol. The summed E-state index contributed by atoms with van der Waals surface area (Å²) in [5.74, 6) is 0.0856. The predicted octanol–water partition coefficient (Wildman–Crippen LogP) is 0.282. The first-order valence-corrected chi connectivity index (χ1v) is 2.83. The lowest BCUT2D eigenvalue weighted by molar-refractivity contribution is -0.120. The van der Waals surface area contributed by atoms with Crippen molar-refractivity contribution >= 4 is 5.78 Å². The number of nitrogens with one attached hydrogen (secondary N) is 1. The minimum Gasteiger partial charge on any atom is -0.316 e. The van der Waals surface area contributed by atoms with Gasteiger partial charge in [0.05, 0.1) is 6.54 Å². The highest BCUT2D eigenvalue weighted by molar-refractivity contribution is 5.82. The van der Waals surface area contributed by atoms with Crippen molar-refractivity contribution in [1.82, 2.24) is 5.32 Å². The topological polar surface area (TPSA) is 52.9 Å². The number of ketones is 1. The molecule has 0 spiro atoms. The van der Waals surface area contributed by atoms with Crippen LogP contribution < -0.4 is 5.32 Å². The molecule has 0 heterocycles.